The Balaban J connectivity index is 1.50. The maximum Gasteiger partial charge on any atom is 0.243 e. The number of aryl methyl sites for hydroxylation is 1. The van der Waals surface area contributed by atoms with Gasteiger partial charge in [0.15, 0.2) is 11.5 Å². The highest BCUT2D eigenvalue weighted by molar-refractivity contribution is 5.61. The second-order valence-electron chi connectivity index (χ2n) is 9.13. The number of hydrogen-bond acceptors (Lipinski definition) is 8. The van der Waals surface area contributed by atoms with Gasteiger partial charge in [-0.3, -0.25) is 4.90 Å². The Labute approximate surface area is 196 Å². The molecule has 4 rings (SSSR count). The molecule has 1 atom stereocenters. The Bertz CT molecular complexity index is 1070. The molecule has 0 bridgehead atoms. The van der Waals surface area contributed by atoms with E-state index in [1.54, 1.807) is 4.52 Å². The van der Waals surface area contributed by atoms with Gasteiger partial charge < -0.3 is 16.0 Å². The van der Waals surface area contributed by atoms with Gasteiger partial charge in [0.1, 0.15) is 5.82 Å². The Kier molecular flexibility index (Phi) is 7.27. The summed E-state index contributed by atoms with van der Waals surface area (Å²) < 4.78 is 1.81. The number of nitrogens with zero attached hydrogens (tertiary/aromatic N) is 7. The molecule has 178 valence electrons. The Hall–Kier alpha value is -2.94. The van der Waals surface area contributed by atoms with E-state index < -0.39 is 0 Å². The average Bonchev–Trinajstić information content (AvgIpc) is 3.18. The number of nitrogens with one attached hydrogen (secondary N) is 1. The first-order valence-electron chi connectivity index (χ1n) is 12.2. The van der Waals surface area contributed by atoms with Crippen molar-refractivity contribution in [1.82, 2.24) is 29.5 Å². The minimum Gasteiger partial charge on any atom is -0.380 e. The molecule has 0 unspecified atom stereocenters. The third-order valence-electron chi connectivity index (χ3n) is 6.26. The van der Waals surface area contributed by atoms with E-state index >= 15 is 0 Å². The molecule has 9 heteroatoms. The number of hydrogen-bond donors (Lipinski definition) is 2. The molecule has 0 radical (unpaired) electrons. The van der Waals surface area contributed by atoms with E-state index in [0.717, 1.165) is 56.1 Å². The number of fused-ring (bicyclic) bond motifs is 1. The van der Waals surface area contributed by atoms with Gasteiger partial charge in [0.2, 0.25) is 5.95 Å². The van der Waals surface area contributed by atoms with Gasteiger partial charge in [-0.1, -0.05) is 26.3 Å². The number of piperazine rings is 1. The fourth-order valence-corrected chi connectivity index (χ4v) is 4.62. The summed E-state index contributed by atoms with van der Waals surface area (Å²) in [5.41, 5.74) is 10.1. The van der Waals surface area contributed by atoms with Crippen molar-refractivity contribution in [2.24, 2.45) is 0 Å². The lowest BCUT2D eigenvalue weighted by Gasteiger charge is -2.36. The molecule has 3 aromatic rings. The number of anilines is 3. The third-order valence-corrected chi connectivity index (χ3v) is 6.26. The summed E-state index contributed by atoms with van der Waals surface area (Å²) in [6.45, 7) is 14.1. The fraction of sp³-hybridized carbons (Fsp3) is 0.583. The van der Waals surface area contributed by atoms with Crippen molar-refractivity contribution in [1.29, 1.82) is 0 Å². The maximum absolute atomic E-state index is 6.17. The van der Waals surface area contributed by atoms with Crippen LogP contribution >= 0.6 is 0 Å². The normalized spacial score (nSPS) is 15.8. The quantitative estimate of drug-likeness (QED) is 0.512. The zero-order valence-electron chi connectivity index (χ0n) is 20.4. The van der Waals surface area contributed by atoms with Crippen LogP contribution in [0, 0.1) is 6.92 Å². The minimum atomic E-state index is 0.280. The van der Waals surface area contributed by atoms with Crippen LogP contribution in [0.3, 0.4) is 0 Å². The van der Waals surface area contributed by atoms with Gasteiger partial charge in [-0.15, -0.1) is 5.10 Å². The van der Waals surface area contributed by atoms with Gasteiger partial charge in [0.05, 0.1) is 11.9 Å². The van der Waals surface area contributed by atoms with Crippen LogP contribution in [-0.4, -0.2) is 68.2 Å². The van der Waals surface area contributed by atoms with Crippen molar-refractivity contribution in [2.45, 2.75) is 59.4 Å². The molecule has 3 aromatic heterocycles. The maximum atomic E-state index is 6.17. The smallest absolute Gasteiger partial charge is 0.243 e. The fourth-order valence-electron chi connectivity index (χ4n) is 4.62. The molecule has 1 aliphatic rings. The van der Waals surface area contributed by atoms with Crippen LogP contribution in [0.4, 0.5) is 17.6 Å². The third kappa shape index (κ3) is 5.35. The number of nitrogens with two attached hydrogens (primary N) is 1. The van der Waals surface area contributed by atoms with E-state index in [2.05, 4.69) is 63.9 Å². The van der Waals surface area contributed by atoms with Crippen LogP contribution in [0.2, 0.25) is 0 Å². The van der Waals surface area contributed by atoms with E-state index in [9.17, 15) is 0 Å². The predicted octanol–water partition coefficient (Wildman–Crippen LogP) is 3.13. The van der Waals surface area contributed by atoms with Gasteiger partial charge in [-0.25, -0.2) is 14.5 Å². The molecule has 9 nitrogen and oxygen atoms in total. The number of aromatic nitrogens is 5. The second kappa shape index (κ2) is 10.3. The molecule has 1 aliphatic heterocycles. The predicted molar refractivity (Wildman–Crippen MR) is 134 cm³/mol. The van der Waals surface area contributed by atoms with Crippen LogP contribution in [0.1, 0.15) is 56.9 Å². The van der Waals surface area contributed by atoms with Crippen LogP contribution in [0.25, 0.3) is 5.65 Å². The monoisotopic (exact) mass is 451 g/mol. The largest absolute Gasteiger partial charge is 0.380 e. The van der Waals surface area contributed by atoms with E-state index in [1.165, 1.54) is 18.5 Å². The molecule has 1 fully saturated rings. The van der Waals surface area contributed by atoms with E-state index in [0.29, 0.717) is 23.8 Å². The number of pyridine rings is 1. The van der Waals surface area contributed by atoms with Crippen LogP contribution in [0.15, 0.2) is 18.5 Å². The zero-order valence-corrected chi connectivity index (χ0v) is 20.4. The number of rotatable bonds is 9. The van der Waals surface area contributed by atoms with Crippen molar-refractivity contribution in [3.05, 3.63) is 35.3 Å². The molecule has 0 aliphatic carbocycles. The zero-order chi connectivity index (χ0) is 23.4. The molecule has 1 saturated heterocycles. The first-order valence-corrected chi connectivity index (χ1v) is 12.2. The summed E-state index contributed by atoms with van der Waals surface area (Å²) in [5, 5.41) is 8.02. The highest BCUT2D eigenvalue weighted by Gasteiger charge is 2.19. The van der Waals surface area contributed by atoms with Crippen LogP contribution in [-0.2, 0) is 6.42 Å². The Morgan fingerprint density at radius 3 is 2.58 bits per heavy atom. The van der Waals surface area contributed by atoms with Gasteiger partial charge in [0, 0.05) is 44.8 Å². The summed E-state index contributed by atoms with van der Waals surface area (Å²) in [6.07, 6.45) is 7.84. The number of nitrogen functional groups attached to an aromatic ring is 1. The molecule has 4 heterocycles. The lowest BCUT2D eigenvalue weighted by atomic mass is 10.1. The van der Waals surface area contributed by atoms with E-state index in [1.807, 2.05) is 12.4 Å². The molecule has 0 aromatic carbocycles. The van der Waals surface area contributed by atoms with Gasteiger partial charge in [0.25, 0.3) is 0 Å². The first kappa shape index (κ1) is 23.2. The van der Waals surface area contributed by atoms with Gasteiger partial charge >= 0.3 is 0 Å². The van der Waals surface area contributed by atoms with Crippen LogP contribution in [0.5, 0.6) is 0 Å². The summed E-state index contributed by atoms with van der Waals surface area (Å²) in [7, 11) is 0. The molecular weight excluding hydrogens is 414 g/mol. The number of imidazole rings is 1. The van der Waals surface area contributed by atoms with E-state index in [4.69, 9.17) is 10.7 Å². The molecule has 0 spiro atoms. The van der Waals surface area contributed by atoms with E-state index in [-0.39, 0.29) is 6.04 Å². The highest BCUT2D eigenvalue weighted by atomic mass is 15.3. The highest BCUT2D eigenvalue weighted by Crippen LogP contribution is 2.22. The Morgan fingerprint density at radius 1 is 1.09 bits per heavy atom. The summed E-state index contributed by atoms with van der Waals surface area (Å²) in [4.78, 5) is 18.6. The Morgan fingerprint density at radius 2 is 1.88 bits per heavy atom. The van der Waals surface area contributed by atoms with Gasteiger partial charge in [-0.2, -0.15) is 4.98 Å². The van der Waals surface area contributed by atoms with Crippen molar-refractivity contribution >= 4 is 23.2 Å². The topological polar surface area (TPSA) is 100 Å². The van der Waals surface area contributed by atoms with Crippen molar-refractivity contribution < 1.29 is 0 Å². The molecular formula is C24H37N9. The first-order chi connectivity index (χ1) is 16.0. The van der Waals surface area contributed by atoms with Crippen molar-refractivity contribution in [3.8, 4) is 0 Å². The van der Waals surface area contributed by atoms with Crippen molar-refractivity contribution in [2.75, 3.05) is 48.7 Å². The second-order valence-corrected chi connectivity index (χ2v) is 9.13. The lowest BCUT2D eigenvalue weighted by molar-refractivity contribution is 0.258. The molecule has 0 saturated carbocycles. The lowest BCUT2D eigenvalue weighted by Crippen LogP contribution is -2.47. The van der Waals surface area contributed by atoms with Crippen molar-refractivity contribution in [3.63, 3.8) is 0 Å². The summed E-state index contributed by atoms with van der Waals surface area (Å²) in [5.74, 6) is 2.01. The summed E-state index contributed by atoms with van der Waals surface area (Å²) >= 11 is 0. The SMILES string of the molecule is CCC[C@H](C)Nc1nc(N)c2ncc(Cc3cnc(N4CCN(CCC)CC4)c(C)c3)n2n1. The molecule has 33 heavy (non-hydrogen) atoms. The molecule has 3 N–H and O–H groups in total. The molecule has 0 amide bonds. The summed E-state index contributed by atoms with van der Waals surface area (Å²) in [6, 6.07) is 2.51. The average molecular weight is 452 g/mol. The van der Waals surface area contributed by atoms with Gasteiger partial charge in [-0.05, 0) is 44.4 Å². The standard InChI is InChI=1S/C24H37N9/c1-5-7-18(4)28-24-29-21(25)23-27-16-20(33(23)30-24)14-19-13-17(3)22(26-15-19)32-11-9-31(8-6-2)10-12-32/h13,15-16,18H,5-12,14H2,1-4H3,(H3,25,28,29,30)/t18-/m0/s1. The van der Waals surface area contributed by atoms with Crippen LogP contribution < -0.4 is 16.0 Å². The minimum absolute atomic E-state index is 0.280.